The minimum absolute atomic E-state index is 0.00329. The molecule has 0 spiro atoms. The summed E-state index contributed by atoms with van der Waals surface area (Å²) in [6.45, 7) is 7.52. The summed E-state index contributed by atoms with van der Waals surface area (Å²) >= 11 is 0. The van der Waals surface area contributed by atoms with Gasteiger partial charge in [0.25, 0.3) is 0 Å². The molecule has 2 N–H and O–H groups in total. The van der Waals surface area contributed by atoms with Crippen LogP contribution in [0.1, 0.15) is 78.6 Å². The summed E-state index contributed by atoms with van der Waals surface area (Å²) in [7, 11) is 0. The predicted molar refractivity (Wildman–Crippen MR) is 78.7 cm³/mol. The van der Waals surface area contributed by atoms with Crippen molar-refractivity contribution < 1.29 is 4.74 Å². The molecular formula is C16H33NO. The lowest BCUT2D eigenvalue weighted by Crippen LogP contribution is -2.45. The Morgan fingerprint density at radius 2 is 1.89 bits per heavy atom. The fourth-order valence-corrected chi connectivity index (χ4v) is 3.00. The summed E-state index contributed by atoms with van der Waals surface area (Å²) in [5, 5.41) is 0. The van der Waals surface area contributed by atoms with E-state index in [1.165, 1.54) is 44.9 Å². The van der Waals surface area contributed by atoms with E-state index in [9.17, 15) is 0 Å². The Labute approximate surface area is 114 Å². The number of unbranched alkanes of at least 4 members (excludes halogenated alkanes) is 3. The molecule has 2 heteroatoms. The molecule has 1 fully saturated rings. The van der Waals surface area contributed by atoms with Crippen molar-refractivity contribution in [3.63, 3.8) is 0 Å². The first-order chi connectivity index (χ1) is 8.62. The second-order valence-electron chi connectivity index (χ2n) is 6.35. The number of hydrogen-bond acceptors (Lipinski definition) is 2. The Morgan fingerprint density at radius 1 is 1.22 bits per heavy atom. The maximum atomic E-state index is 6.33. The van der Waals surface area contributed by atoms with E-state index in [1.54, 1.807) is 0 Å². The van der Waals surface area contributed by atoms with Gasteiger partial charge in [0.1, 0.15) is 0 Å². The van der Waals surface area contributed by atoms with Crippen molar-refractivity contribution in [2.24, 2.45) is 11.7 Å². The smallest absolute Gasteiger partial charge is 0.0807 e. The van der Waals surface area contributed by atoms with Crippen LogP contribution in [-0.2, 0) is 4.74 Å². The average molecular weight is 255 g/mol. The molecule has 2 nitrogen and oxygen atoms in total. The molecule has 0 amide bonds. The first kappa shape index (κ1) is 16.0. The topological polar surface area (TPSA) is 35.2 Å². The van der Waals surface area contributed by atoms with Gasteiger partial charge >= 0.3 is 0 Å². The number of nitrogens with two attached hydrogens (primary N) is 1. The number of hydrogen-bond donors (Lipinski definition) is 1. The molecule has 1 aliphatic carbocycles. The van der Waals surface area contributed by atoms with Crippen LogP contribution in [0.2, 0.25) is 0 Å². The summed E-state index contributed by atoms with van der Waals surface area (Å²) in [5.74, 6) is 0.855. The van der Waals surface area contributed by atoms with Crippen molar-refractivity contribution in [1.29, 1.82) is 0 Å². The number of ether oxygens (including phenoxy) is 1. The summed E-state index contributed by atoms with van der Waals surface area (Å²) in [6, 6.07) is 0. The third-order valence-corrected chi connectivity index (χ3v) is 4.47. The van der Waals surface area contributed by atoms with Crippen LogP contribution in [0.3, 0.4) is 0 Å². The van der Waals surface area contributed by atoms with E-state index in [1.807, 2.05) is 0 Å². The molecular weight excluding hydrogens is 222 g/mol. The molecule has 1 rings (SSSR count). The third-order valence-electron chi connectivity index (χ3n) is 4.47. The van der Waals surface area contributed by atoms with Gasteiger partial charge in [-0.25, -0.2) is 0 Å². The lowest BCUT2D eigenvalue weighted by Gasteiger charge is -2.40. The lowest BCUT2D eigenvalue weighted by atomic mass is 9.79. The van der Waals surface area contributed by atoms with Crippen LogP contribution in [-0.4, -0.2) is 18.2 Å². The molecule has 0 bridgehead atoms. The molecule has 0 aliphatic heterocycles. The van der Waals surface area contributed by atoms with Gasteiger partial charge in [-0.1, -0.05) is 39.5 Å². The molecule has 1 unspecified atom stereocenters. The minimum Gasteiger partial charge on any atom is -0.371 e. The van der Waals surface area contributed by atoms with Crippen LogP contribution in [0.25, 0.3) is 0 Å². The fourth-order valence-electron chi connectivity index (χ4n) is 3.00. The summed E-state index contributed by atoms with van der Waals surface area (Å²) in [6.07, 6.45) is 11.7. The van der Waals surface area contributed by atoms with Gasteiger partial charge in [0.2, 0.25) is 0 Å². The summed E-state index contributed by atoms with van der Waals surface area (Å²) in [4.78, 5) is 0. The predicted octanol–water partition coefficient (Wildman–Crippen LogP) is 4.27. The van der Waals surface area contributed by atoms with E-state index in [0.29, 0.717) is 12.6 Å². The Morgan fingerprint density at radius 3 is 2.44 bits per heavy atom. The molecule has 0 aromatic rings. The summed E-state index contributed by atoms with van der Waals surface area (Å²) < 4.78 is 6.33. The van der Waals surface area contributed by atoms with Gasteiger partial charge in [0, 0.05) is 6.54 Å². The van der Waals surface area contributed by atoms with E-state index >= 15 is 0 Å². The molecule has 0 heterocycles. The molecule has 1 saturated carbocycles. The van der Waals surface area contributed by atoms with Crippen molar-refractivity contribution in [2.45, 2.75) is 90.3 Å². The zero-order chi connectivity index (χ0) is 13.4. The number of rotatable bonds is 8. The first-order valence-electron chi connectivity index (χ1n) is 8.00. The average Bonchev–Trinajstić information content (AvgIpc) is 2.38. The second kappa shape index (κ2) is 8.16. The SMILES string of the molecule is CCCCCCC(C)OC1(CN)CCC(C)CC1. The molecule has 0 radical (unpaired) electrons. The zero-order valence-electron chi connectivity index (χ0n) is 12.7. The Hall–Kier alpha value is -0.0800. The fraction of sp³-hybridized carbons (Fsp3) is 1.00. The van der Waals surface area contributed by atoms with Gasteiger partial charge in [-0.05, 0) is 44.9 Å². The standard InChI is InChI=1S/C16H33NO/c1-4-5-6-7-8-15(3)18-16(13-17)11-9-14(2)10-12-16/h14-15H,4-13,17H2,1-3H3. The van der Waals surface area contributed by atoms with Gasteiger partial charge in [0.05, 0.1) is 11.7 Å². The Kier molecular flexibility index (Phi) is 7.25. The van der Waals surface area contributed by atoms with Crippen molar-refractivity contribution >= 4 is 0 Å². The maximum Gasteiger partial charge on any atom is 0.0807 e. The van der Waals surface area contributed by atoms with Crippen LogP contribution in [0.4, 0.5) is 0 Å². The highest BCUT2D eigenvalue weighted by Gasteiger charge is 2.35. The van der Waals surface area contributed by atoms with Crippen molar-refractivity contribution in [1.82, 2.24) is 0 Å². The summed E-state index contributed by atoms with van der Waals surface area (Å²) in [5.41, 5.74) is 5.98. The van der Waals surface area contributed by atoms with Gasteiger partial charge < -0.3 is 10.5 Å². The van der Waals surface area contributed by atoms with Gasteiger partial charge in [-0.15, -0.1) is 0 Å². The maximum absolute atomic E-state index is 6.33. The molecule has 18 heavy (non-hydrogen) atoms. The van der Waals surface area contributed by atoms with Crippen LogP contribution < -0.4 is 5.73 Å². The third kappa shape index (κ3) is 5.27. The van der Waals surface area contributed by atoms with Gasteiger partial charge in [-0.3, -0.25) is 0 Å². The van der Waals surface area contributed by atoms with Crippen molar-refractivity contribution in [3.8, 4) is 0 Å². The van der Waals surface area contributed by atoms with E-state index in [0.717, 1.165) is 18.8 Å². The first-order valence-corrected chi connectivity index (χ1v) is 8.00. The monoisotopic (exact) mass is 255 g/mol. The second-order valence-corrected chi connectivity index (χ2v) is 6.35. The lowest BCUT2D eigenvalue weighted by molar-refractivity contribution is -0.109. The van der Waals surface area contributed by atoms with Crippen LogP contribution >= 0.6 is 0 Å². The highest BCUT2D eigenvalue weighted by molar-refractivity contribution is 4.88. The Bertz CT molecular complexity index is 209. The van der Waals surface area contributed by atoms with E-state index in [2.05, 4.69) is 20.8 Å². The molecule has 0 saturated heterocycles. The van der Waals surface area contributed by atoms with E-state index in [-0.39, 0.29) is 5.60 Å². The van der Waals surface area contributed by atoms with E-state index < -0.39 is 0 Å². The largest absolute Gasteiger partial charge is 0.371 e. The zero-order valence-corrected chi connectivity index (χ0v) is 12.7. The van der Waals surface area contributed by atoms with Crippen LogP contribution in [0.5, 0.6) is 0 Å². The molecule has 1 aliphatic rings. The van der Waals surface area contributed by atoms with Crippen molar-refractivity contribution in [2.75, 3.05) is 6.54 Å². The van der Waals surface area contributed by atoms with Gasteiger partial charge in [-0.2, -0.15) is 0 Å². The van der Waals surface area contributed by atoms with Crippen LogP contribution in [0, 0.1) is 5.92 Å². The van der Waals surface area contributed by atoms with Gasteiger partial charge in [0.15, 0.2) is 0 Å². The molecule has 0 aromatic carbocycles. The normalized spacial score (nSPS) is 30.3. The van der Waals surface area contributed by atoms with E-state index in [4.69, 9.17) is 10.5 Å². The molecule has 0 aromatic heterocycles. The van der Waals surface area contributed by atoms with Crippen LogP contribution in [0.15, 0.2) is 0 Å². The van der Waals surface area contributed by atoms with Crippen molar-refractivity contribution in [3.05, 3.63) is 0 Å². The minimum atomic E-state index is -0.00329. The molecule has 1 atom stereocenters. The quantitative estimate of drug-likeness (QED) is 0.657. The highest BCUT2D eigenvalue weighted by Crippen LogP contribution is 2.35. The Balaban J connectivity index is 2.28. The highest BCUT2D eigenvalue weighted by atomic mass is 16.5. The molecule has 108 valence electrons.